The fourth-order valence-corrected chi connectivity index (χ4v) is 2.02. The Labute approximate surface area is 120 Å². The molecule has 0 heterocycles. The summed E-state index contributed by atoms with van der Waals surface area (Å²) in [6.07, 6.45) is 0. The minimum atomic E-state index is 0.294. The molecule has 0 aliphatic heterocycles. The molecule has 2 rings (SSSR count). The lowest BCUT2D eigenvalue weighted by atomic mass is 10.1. The zero-order valence-corrected chi connectivity index (χ0v) is 12.2. The molecule has 3 heteroatoms. The van der Waals surface area contributed by atoms with E-state index in [1.54, 1.807) is 14.2 Å². The summed E-state index contributed by atoms with van der Waals surface area (Å²) in [5.74, 6) is 1.77. The van der Waals surface area contributed by atoms with Crippen molar-refractivity contribution in [2.24, 2.45) is 0 Å². The summed E-state index contributed by atoms with van der Waals surface area (Å²) in [4.78, 5) is 0. The van der Waals surface area contributed by atoms with Crippen LogP contribution in [0.4, 0.5) is 0 Å². The summed E-state index contributed by atoms with van der Waals surface area (Å²) in [7, 11) is 3.36. The Kier molecular flexibility index (Phi) is 5.02. The zero-order valence-electron chi connectivity index (χ0n) is 12.2. The van der Waals surface area contributed by atoms with Crippen molar-refractivity contribution in [3.05, 3.63) is 59.7 Å². The first-order valence-electron chi connectivity index (χ1n) is 6.73. The van der Waals surface area contributed by atoms with Crippen molar-refractivity contribution in [3.8, 4) is 11.5 Å². The third kappa shape index (κ3) is 3.75. The van der Waals surface area contributed by atoms with Crippen LogP contribution in [0.25, 0.3) is 0 Å². The van der Waals surface area contributed by atoms with E-state index in [4.69, 9.17) is 9.47 Å². The number of nitrogens with one attached hydrogen (secondary N) is 1. The SMILES string of the molecule is COc1ccc(CN[C@@H](C)c2ccc(OC)cc2)cc1. The quantitative estimate of drug-likeness (QED) is 0.871. The topological polar surface area (TPSA) is 30.5 Å². The van der Waals surface area contributed by atoms with Gasteiger partial charge in [0.25, 0.3) is 0 Å². The molecule has 106 valence electrons. The molecule has 0 spiro atoms. The van der Waals surface area contributed by atoms with E-state index in [0.29, 0.717) is 6.04 Å². The monoisotopic (exact) mass is 271 g/mol. The molecule has 0 amide bonds. The molecule has 1 N–H and O–H groups in total. The van der Waals surface area contributed by atoms with Crippen molar-refractivity contribution in [3.63, 3.8) is 0 Å². The van der Waals surface area contributed by atoms with E-state index >= 15 is 0 Å². The second-order valence-corrected chi connectivity index (χ2v) is 4.72. The largest absolute Gasteiger partial charge is 0.497 e. The molecule has 0 fully saturated rings. The molecule has 3 nitrogen and oxygen atoms in total. The van der Waals surface area contributed by atoms with Crippen LogP contribution in [0, 0.1) is 0 Å². The van der Waals surface area contributed by atoms with Crippen molar-refractivity contribution in [2.45, 2.75) is 19.5 Å². The second kappa shape index (κ2) is 6.96. The van der Waals surface area contributed by atoms with E-state index in [9.17, 15) is 0 Å². The molecule has 0 aromatic heterocycles. The first-order chi connectivity index (χ1) is 9.72. The first kappa shape index (κ1) is 14.4. The fraction of sp³-hybridized carbons (Fsp3) is 0.294. The summed E-state index contributed by atoms with van der Waals surface area (Å²) >= 11 is 0. The molecule has 0 aliphatic rings. The summed E-state index contributed by atoms with van der Waals surface area (Å²) in [5.41, 5.74) is 2.49. The van der Waals surface area contributed by atoms with Crippen LogP contribution in [0.2, 0.25) is 0 Å². The summed E-state index contributed by atoms with van der Waals surface area (Å²) in [5, 5.41) is 3.51. The van der Waals surface area contributed by atoms with Gasteiger partial charge in [-0.25, -0.2) is 0 Å². The highest BCUT2D eigenvalue weighted by atomic mass is 16.5. The van der Waals surface area contributed by atoms with Crippen LogP contribution in [0.5, 0.6) is 11.5 Å². The Morgan fingerprint density at radius 1 is 0.850 bits per heavy atom. The number of hydrogen-bond donors (Lipinski definition) is 1. The Bertz CT molecular complexity index is 520. The van der Waals surface area contributed by atoms with E-state index in [-0.39, 0.29) is 0 Å². The van der Waals surface area contributed by atoms with Gasteiger partial charge in [0.2, 0.25) is 0 Å². The third-order valence-electron chi connectivity index (χ3n) is 3.39. The van der Waals surface area contributed by atoms with Gasteiger partial charge in [-0.1, -0.05) is 24.3 Å². The Balaban J connectivity index is 1.91. The van der Waals surface area contributed by atoms with Crippen LogP contribution in [0.1, 0.15) is 24.1 Å². The Morgan fingerprint density at radius 2 is 1.35 bits per heavy atom. The highest BCUT2D eigenvalue weighted by Crippen LogP contribution is 2.18. The fourth-order valence-electron chi connectivity index (χ4n) is 2.02. The molecular weight excluding hydrogens is 250 g/mol. The number of methoxy groups -OCH3 is 2. The summed E-state index contributed by atoms with van der Waals surface area (Å²) in [6, 6.07) is 16.6. The highest BCUT2D eigenvalue weighted by Gasteiger charge is 2.05. The molecule has 0 saturated heterocycles. The van der Waals surface area contributed by atoms with Gasteiger partial charge in [-0.15, -0.1) is 0 Å². The molecule has 1 atom stereocenters. The van der Waals surface area contributed by atoms with Crippen molar-refractivity contribution in [2.75, 3.05) is 14.2 Å². The predicted molar refractivity (Wildman–Crippen MR) is 81.2 cm³/mol. The molecule has 0 bridgehead atoms. The van der Waals surface area contributed by atoms with Crippen LogP contribution in [-0.2, 0) is 6.54 Å². The number of ether oxygens (including phenoxy) is 2. The van der Waals surface area contributed by atoms with E-state index in [1.165, 1.54) is 11.1 Å². The second-order valence-electron chi connectivity index (χ2n) is 4.72. The number of benzene rings is 2. The molecule has 20 heavy (non-hydrogen) atoms. The van der Waals surface area contributed by atoms with Gasteiger partial charge in [0.1, 0.15) is 11.5 Å². The van der Waals surface area contributed by atoms with Gasteiger partial charge in [-0.05, 0) is 42.3 Å². The number of rotatable bonds is 6. The Morgan fingerprint density at radius 3 is 1.85 bits per heavy atom. The molecule has 0 aliphatic carbocycles. The molecule has 0 radical (unpaired) electrons. The van der Waals surface area contributed by atoms with Crippen LogP contribution in [0.15, 0.2) is 48.5 Å². The zero-order chi connectivity index (χ0) is 14.4. The predicted octanol–water partition coefficient (Wildman–Crippen LogP) is 3.55. The molecule has 2 aromatic carbocycles. The summed E-state index contributed by atoms with van der Waals surface area (Å²) in [6.45, 7) is 2.99. The maximum absolute atomic E-state index is 5.17. The summed E-state index contributed by atoms with van der Waals surface area (Å²) < 4.78 is 10.3. The minimum absolute atomic E-state index is 0.294. The van der Waals surface area contributed by atoms with Crippen molar-refractivity contribution >= 4 is 0 Å². The van der Waals surface area contributed by atoms with E-state index in [0.717, 1.165) is 18.0 Å². The average molecular weight is 271 g/mol. The van der Waals surface area contributed by atoms with E-state index in [2.05, 4.69) is 36.5 Å². The van der Waals surface area contributed by atoms with Crippen LogP contribution in [0.3, 0.4) is 0 Å². The van der Waals surface area contributed by atoms with Crippen molar-refractivity contribution in [1.29, 1.82) is 0 Å². The molecule has 2 aromatic rings. The normalized spacial score (nSPS) is 11.9. The molecule has 0 unspecified atom stereocenters. The third-order valence-corrected chi connectivity index (χ3v) is 3.39. The van der Waals surface area contributed by atoms with E-state index in [1.807, 2.05) is 24.3 Å². The van der Waals surface area contributed by atoms with Crippen molar-refractivity contribution < 1.29 is 9.47 Å². The molecular formula is C17H21NO2. The lowest BCUT2D eigenvalue weighted by molar-refractivity contribution is 0.414. The Hall–Kier alpha value is -2.00. The van der Waals surface area contributed by atoms with Gasteiger partial charge in [0.15, 0.2) is 0 Å². The highest BCUT2D eigenvalue weighted by molar-refractivity contribution is 5.29. The lowest BCUT2D eigenvalue weighted by Gasteiger charge is -2.15. The lowest BCUT2D eigenvalue weighted by Crippen LogP contribution is -2.17. The van der Waals surface area contributed by atoms with E-state index < -0.39 is 0 Å². The van der Waals surface area contributed by atoms with Gasteiger partial charge in [-0.2, -0.15) is 0 Å². The maximum atomic E-state index is 5.17. The number of hydrogen-bond acceptors (Lipinski definition) is 3. The molecule has 0 saturated carbocycles. The van der Waals surface area contributed by atoms with Crippen molar-refractivity contribution in [1.82, 2.24) is 5.32 Å². The van der Waals surface area contributed by atoms with Gasteiger partial charge >= 0.3 is 0 Å². The average Bonchev–Trinajstić information content (AvgIpc) is 2.53. The first-order valence-corrected chi connectivity index (χ1v) is 6.73. The maximum Gasteiger partial charge on any atom is 0.118 e. The van der Waals surface area contributed by atoms with Gasteiger partial charge < -0.3 is 14.8 Å². The minimum Gasteiger partial charge on any atom is -0.497 e. The van der Waals surface area contributed by atoms with Gasteiger partial charge in [0, 0.05) is 12.6 Å². The van der Waals surface area contributed by atoms with Crippen LogP contribution >= 0.6 is 0 Å². The smallest absolute Gasteiger partial charge is 0.118 e. The standard InChI is InChI=1S/C17H21NO2/c1-13(15-6-10-17(20-3)11-7-15)18-12-14-4-8-16(19-2)9-5-14/h4-11,13,18H,12H2,1-3H3/t13-/m0/s1. The van der Waals surface area contributed by atoms with Gasteiger partial charge in [0.05, 0.1) is 14.2 Å². The van der Waals surface area contributed by atoms with Crippen LogP contribution < -0.4 is 14.8 Å². The van der Waals surface area contributed by atoms with Gasteiger partial charge in [-0.3, -0.25) is 0 Å². The van der Waals surface area contributed by atoms with Crippen LogP contribution in [-0.4, -0.2) is 14.2 Å².